The molecule has 1 heterocycles. The highest BCUT2D eigenvalue weighted by Crippen LogP contribution is 2.41. The maximum absolute atomic E-state index is 13.2. The van der Waals surface area contributed by atoms with Crippen LogP contribution in [-0.4, -0.2) is 48.1 Å². The molecule has 6 heteroatoms. The molecule has 0 bridgehead atoms. The molecule has 0 aliphatic carbocycles. The molecule has 2 aromatic carbocycles. The molecule has 0 aromatic heterocycles. The van der Waals surface area contributed by atoms with Gasteiger partial charge in [0.2, 0.25) is 0 Å². The Morgan fingerprint density at radius 2 is 1.79 bits per heavy atom. The van der Waals surface area contributed by atoms with E-state index in [1.54, 1.807) is 19.2 Å². The van der Waals surface area contributed by atoms with Crippen LogP contribution in [0.3, 0.4) is 0 Å². The fraction of sp³-hybridized carbons (Fsp3) is 0.407. The minimum atomic E-state index is -0.688. The Morgan fingerprint density at radius 1 is 1.09 bits per heavy atom. The second kappa shape index (κ2) is 10.2. The van der Waals surface area contributed by atoms with Crippen molar-refractivity contribution in [3.63, 3.8) is 0 Å². The summed E-state index contributed by atoms with van der Waals surface area (Å²) in [6, 6.07) is 12.2. The van der Waals surface area contributed by atoms with E-state index in [1.807, 2.05) is 65.0 Å². The maximum Gasteiger partial charge on any atom is 0.295 e. The number of ether oxygens (including phenoxy) is 2. The van der Waals surface area contributed by atoms with Crippen LogP contribution in [0, 0.1) is 6.92 Å². The average Bonchev–Trinajstić information content (AvgIpc) is 3.03. The molecule has 3 rings (SSSR count). The highest BCUT2D eigenvalue weighted by Gasteiger charge is 2.46. The van der Waals surface area contributed by atoms with Crippen LogP contribution in [0.1, 0.15) is 61.9 Å². The fourth-order valence-corrected chi connectivity index (χ4v) is 4.20. The molecule has 33 heavy (non-hydrogen) atoms. The number of benzene rings is 2. The summed E-state index contributed by atoms with van der Waals surface area (Å²) in [4.78, 5) is 27.7. The van der Waals surface area contributed by atoms with Gasteiger partial charge >= 0.3 is 0 Å². The number of hydrogen-bond acceptors (Lipinski definition) is 5. The lowest BCUT2D eigenvalue weighted by Crippen LogP contribution is -2.33. The van der Waals surface area contributed by atoms with Crippen molar-refractivity contribution < 1.29 is 24.2 Å². The van der Waals surface area contributed by atoms with Gasteiger partial charge in [-0.15, -0.1) is 0 Å². The van der Waals surface area contributed by atoms with Crippen molar-refractivity contribution in [1.82, 2.24) is 4.90 Å². The maximum atomic E-state index is 13.2. The fourth-order valence-electron chi connectivity index (χ4n) is 4.20. The number of carbonyl (C=O) groups is 2. The minimum absolute atomic E-state index is 0.00693. The number of methoxy groups -OCH3 is 1. The molecule has 1 fully saturated rings. The molecular formula is C27H33NO5. The van der Waals surface area contributed by atoms with Crippen molar-refractivity contribution >= 4 is 17.4 Å². The zero-order valence-electron chi connectivity index (χ0n) is 20.2. The second-order valence-electron chi connectivity index (χ2n) is 8.88. The van der Waals surface area contributed by atoms with Crippen LogP contribution in [0.4, 0.5) is 0 Å². The molecule has 1 amide bonds. The Hall–Kier alpha value is -3.12. The van der Waals surface area contributed by atoms with Gasteiger partial charge in [0.15, 0.2) is 0 Å². The predicted octanol–water partition coefficient (Wildman–Crippen LogP) is 4.97. The van der Waals surface area contributed by atoms with Crippen molar-refractivity contribution in [3.8, 4) is 5.75 Å². The molecule has 2 aromatic rings. The zero-order chi connectivity index (χ0) is 24.3. The van der Waals surface area contributed by atoms with Gasteiger partial charge in [0.1, 0.15) is 11.5 Å². The summed E-state index contributed by atoms with van der Waals surface area (Å²) in [5, 5.41) is 11.3. The lowest BCUT2D eigenvalue weighted by molar-refractivity contribution is -0.140. The summed E-state index contributed by atoms with van der Waals surface area (Å²) in [6.07, 6.45) is 0.00693. The number of rotatable bonds is 8. The monoisotopic (exact) mass is 451 g/mol. The quantitative estimate of drug-likeness (QED) is 0.348. The van der Waals surface area contributed by atoms with E-state index >= 15 is 0 Å². The number of carbonyl (C=O) groups excluding carboxylic acids is 2. The Kier molecular flexibility index (Phi) is 7.59. The number of likely N-dealkylation sites (tertiary alicyclic amines) is 1. The van der Waals surface area contributed by atoms with E-state index < -0.39 is 17.7 Å². The molecule has 1 unspecified atom stereocenters. The van der Waals surface area contributed by atoms with Crippen molar-refractivity contribution in [1.29, 1.82) is 0 Å². The first-order valence-corrected chi connectivity index (χ1v) is 11.3. The normalized spacial score (nSPS) is 17.9. The number of nitrogens with zero attached hydrogens (tertiary/aromatic N) is 1. The number of ketones is 1. The molecule has 0 radical (unpaired) electrons. The molecule has 1 N–H and O–H groups in total. The lowest BCUT2D eigenvalue weighted by atomic mass is 9.91. The molecule has 176 valence electrons. The van der Waals surface area contributed by atoms with Gasteiger partial charge in [0, 0.05) is 12.1 Å². The van der Waals surface area contributed by atoms with Gasteiger partial charge < -0.3 is 19.5 Å². The van der Waals surface area contributed by atoms with E-state index in [-0.39, 0.29) is 29.9 Å². The molecule has 1 aliphatic heterocycles. The number of hydrogen-bond donors (Lipinski definition) is 1. The van der Waals surface area contributed by atoms with Gasteiger partial charge in [-0.05, 0) is 61.6 Å². The first-order chi connectivity index (χ1) is 15.7. The van der Waals surface area contributed by atoms with Gasteiger partial charge in [-0.1, -0.05) is 38.1 Å². The van der Waals surface area contributed by atoms with Crippen LogP contribution >= 0.6 is 0 Å². The van der Waals surface area contributed by atoms with E-state index in [0.29, 0.717) is 17.9 Å². The van der Waals surface area contributed by atoms with Crippen LogP contribution in [0.5, 0.6) is 5.75 Å². The topological polar surface area (TPSA) is 76.1 Å². The molecule has 0 spiro atoms. The van der Waals surface area contributed by atoms with E-state index in [1.165, 1.54) is 4.90 Å². The third-order valence-corrected chi connectivity index (χ3v) is 5.93. The van der Waals surface area contributed by atoms with Crippen LogP contribution in [0.15, 0.2) is 48.0 Å². The van der Waals surface area contributed by atoms with Crippen molar-refractivity contribution in [2.75, 3.05) is 20.3 Å². The Bertz CT molecular complexity index is 1070. The van der Waals surface area contributed by atoms with Gasteiger partial charge in [-0.25, -0.2) is 0 Å². The largest absolute Gasteiger partial charge is 0.507 e. The van der Waals surface area contributed by atoms with Crippen molar-refractivity contribution in [3.05, 3.63) is 70.3 Å². The van der Waals surface area contributed by atoms with Crippen LogP contribution < -0.4 is 4.74 Å². The molecule has 1 saturated heterocycles. The standard InChI is InChI=1S/C27H33NO5/c1-16(2)21-15-19(11-12-22(21)32-6)25(29)23-24(20-10-8-7-9-18(20)5)28(27(31)26(23)30)13-14-33-17(3)4/h7-12,15-17,24,29H,13-14H2,1-6H3/b25-23+. The molecule has 1 atom stereocenters. The number of Topliss-reactive ketones (excluding diaryl/α,β-unsaturated/α-hetero) is 1. The van der Waals surface area contributed by atoms with Gasteiger partial charge in [0.25, 0.3) is 11.7 Å². The summed E-state index contributed by atoms with van der Waals surface area (Å²) < 4.78 is 11.1. The highest BCUT2D eigenvalue weighted by atomic mass is 16.5. The number of aliphatic hydroxyl groups excluding tert-OH is 1. The van der Waals surface area contributed by atoms with E-state index in [9.17, 15) is 14.7 Å². The summed E-state index contributed by atoms with van der Waals surface area (Å²) in [6.45, 7) is 10.4. The number of aliphatic hydroxyl groups is 1. The first kappa shape index (κ1) is 24.5. The Morgan fingerprint density at radius 3 is 2.39 bits per heavy atom. The highest BCUT2D eigenvalue weighted by molar-refractivity contribution is 6.46. The minimum Gasteiger partial charge on any atom is -0.507 e. The molecule has 0 saturated carbocycles. The zero-order valence-corrected chi connectivity index (χ0v) is 20.2. The number of aryl methyl sites for hydroxylation is 1. The second-order valence-corrected chi connectivity index (χ2v) is 8.88. The molecule has 6 nitrogen and oxygen atoms in total. The summed E-state index contributed by atoms with van der Waals surface area (Å²) >= 11 is 0. The van der Waals surface area contributed by atoms with E-state index in [2.05, 4.69) is 0 Å². The summed E-state index contributed by atoms with van der Waals surface area (Å²) in [5.41, 5.74) is 3.23. The average molecular weight is 452 g/mol. The van der Waals surface area contributed by atoms with Crippen molar-refractivity contribution in [2.45, 2.75) is 52.7 Å². The van der Waals surface area contributed by atoms with Crippen LogP contribution in [-0.2, 0) is 14.3 Å². The van der Waals surface area contributed by atoms with E-state index in [4.69, 9.17) is 9.47 Å². The third-order valence-electron chi connectivity index (χ3n) is 5.93. The first-order valence-electron chi connectivity index (χ1n) is 11.3. The van der Waals surface area contributed by atoms with Gasteiger partial charge in [-0.3, -0.25) is 9.59 Å². The lowest BCUT2D eigenvalue weighted by Gasteiger charge is -2.27. The molecule has 1 aliphatic rings. The number of amides is 1. The summed E-state index contributed by atoms with van der Waals surface area (Å²) in [5.74, 6) is -0.640. The smallest absolute Gasteiger partial charge is 0.295 e. The van der Waals surface area contributed by atoms with Gasteiger partial charge in [0.05, 0.1) is 31.4 Å². The summed E-state index contributed by atoms with van der Waals surface area (Å²) in [7, 11) is 1.60. The van der Waals surface area contributed by atoms with E-state index in [0.717, 1.165) is 16.7 Å². The molecular weight excluding hydrogens is 418 g/mol. The van der Waals surface area contributed by atoms with Crippen LogP contribution in [0.25, 0.3) is 5.76 Å². The van der Waals surface area contributed by atoms with Crippen LogP contribution in [0.2, 0.25) is 0 Å². The SMILES string of the molecule is COc1ccc(/C(O)=C2\C(=O)C(=O)N(CCOC(C)C)C2c2ccccc2C)cc1C(C)C. The third kappa shape index (κ3) is 4.96. The Labute approximate surface area is 195 Å². The Balaban J connectivity index is 2.16. The predicted molar refractivity (Wildman–Crippen MR) is 128 cm³/mol. The van der Waals surface area contributed by atoms with Crippen molar-refractivity contribution in [2.24, 2.45) is 0 Å². The van der Waals surface area contributed by atoms with Gasteiger partial charge in [-0.2, -0.15) is 0 Å².